The molecule has 0 N–H and O–H groups in total. The molecule has 126 valence electrons. The highest BCUT2D eigenvalue weighted by molar-refractivity contribution is 7.90. The van der Waals surface area contributed by atoms with Gasteiger partial charge in [0.15, 0.2) is 15.0 Å². The third-order valence-electron chi connectivity index (χ3n) is 5.00. The minimum atomic E-state index is -3.33. The Balaban J connectivity index is 1.57. The average molecular weight is 362 g/mol. The number of thiazole rings is 1. The van der Waals surface area contributed by atoms with Gasteiger partial charge in [-0.15, -0.1) is 0 Å². The fraction of sp³-hybridized carbons (Fsp3) is 0.412. The molecule has 2 fully saturated rings. The van der Waals surface area contributed by atoms with Crippen LogP contribution in [0.3, 0.4) is 0 Å². The molecule has 1 aliphatic heterocycles. The normalized spacial score (nSPS) is 23.0. The molecule has 0 radical (unpaired) electrons. The number of sulfone groups is 1. The minimum Gasteiger partial charge on any atom is -0.348 e. The Labute approximate surface area is 145 Å². The van der Waals surface area contributed by atoms with Gasteiger partial charge in [0.2, 0.25) is 5.78 Å². The number of aromatic nitrogens is 1. The summed E-state index contributed by atoms with van der Waals surface area (Å²) in [6, 6.07) is 6.19. The number of hydrogen-bond acceptors (Lipinski definition) is 6. The van der Waals surface area contributed by atoms with E-state index in [0.29, 0.717) is 10.4 Å². The number of hydrogen-bond donors (Lipinski definition) is 0. The molecule has 7 heteroatoms. The van der Waals surface area contributed by atoms with Crippen LogP contribution in [0.5, 0.6) is 0 Å². The highest BCUT2D eigenvalue weighted by Crippen LogP contribution is 2.42. The van der Waals surface area contributed by atoms with Crippen LogP contribution in [0.1, 0.15) is 28.1 Å². The number of carbonyl (C=O) groups is 1. The molecule has 4 rings (SSSR count). The summed E-state index contributed by atoms with van der Waals surface area (Å²) in [5, 5.41) is 0.895. The van der Waals surface area contributed by atoms with Gasteiger partial charge >= 0.3 is 0 Å². The Morgan fingerprint density at radius 3 is 2.58 bits per heavy atom. The van der Waals surface area contributed by atoms with Crippen LogP contribution in [-0.4, -0.2) is 38.5 Å². The third-order valence-corrected chi connectivity index (χ3v) is 7.16. The highest BCUT2D eigenvalue weighted by Gasteiger charge is 2.40. The summed E-state index contributed by atoms with van der Waals surface area (Å²) in [6.07, 6.45) is 5.35. The molecule has 1 aliphatic carbocycles. The summed E-state index contributed by atoms with van der Waals surface area (Å²) in [5.41, 5.74) is 0.384. The number of fused-ring (bicyclic) bond motifs is 1. The van der Waals surface area contributed by atoms with E-state index in [1.54, 1.807) is 18.3 Å². The molecule has 2 aliphatic rings. The van der Waals surface area contributed by atoms with E-state index < -0.39 is 9.84 Å². The molecule has 24 heavy (non-hydrogen) atoms. The summed E-state index contributed by atoms with van der Waals surface area (Å²) < 4.78 is 23.3. The lowest BCUT2D eigenvalue weighted by Gasteiger charge is -2.27. The van der Waals surface area contributed by atoms with Crippen molar-refractivity contribution in [3.8, 4) is 0 Å². The standard InChI is InChI=1S/C17H18N2O3S2/c1-24(21,22)14-4-2-3-11(7-14)16(20)15-8-18-17(23-15)19-9-12-5-6-13(12)10-19/h2-4,7-8,12-13H,5-6,9-10H2,1H3. The molecule has 5 nitrogen and oxygen atoms in total. The van der Waals surface area contributed by atoms with Crippen molar-refractivity contribution in [3.05, 3.63) is 40.9 Å². The van der Waals surface area contributed by atoms with Crippen LogP contribution in [0.15, 0.2) is 35.4 Å². The van der Waals surface area contributed by atoms with Gasteiger partial charge in [-0.05, 0) is 36.8 Å². The van der Waals surface area contributed by atoms with Crippen LogP contribution in [0.4, 0.5) is 5.13 Å². The molecule has 1 aromatic heterocycles. The minimum absolute atomic E-state index is 0.161. The zero-order valence-electron chi connectivity index (χ0n) is 13.3. The zero-order valence-corrected chi connectivity index (χ0v) is 14.9. The number of nitrogens with zero attached hydrogens (tertiary/aromatic N) is 2. The summed E-state index contributed by atoms with van der Waals surface area (Å²) >= 11 is 1.39. The van der Waals surface area contributed by atoms with Crippen LogP contribution >= 0.6 is 11.3 Å². The second kappa shape index (κ2) is 5.67. The van der Waals surface area contributed by atoms with E-state index in [1.165, 1.54) is 36.3 Å². The van der Waals surface area contributed by atoms with Crippen molar-refractivity contribution in [2.24, 2.45) is 11.8 Å². The van der Waals surface area contributed by atoms with Crippen molar-refractivity contribution in [3.63, 3.8) is 0 Å². The first kappa shape index (κ1) is 15.8. The molecule has 1 saturated carbocycles. The van der Waals surface area contributed by atoms with Crippen LogP contribution in [0.2, 0.25) is 0 Å². The van der Waals surface area contributed by atoms with Gasteiger partial charge in [0.25, 0.3) is 0 Å². The van der Waals surface area contributed by atoms with Crippen LogP contribution in [0, 0.1) is 11.8 Å². The van der Waals surface area contributed by atoms with E-state index >= 15 is 0 Å². The Morgan fingerprint density at radius 2 is 1.96 bits per heavy atom. The number of benzene rings is 1. The fourth-order valence-corrected chi connectivity index (χ4v) is 5.01. The quantitative estimate of drug-likeness (QED) is 0.782. The predicted octanol–water partition coefficient (Wildman–Crippen LogP) is 2.62. The van der Waals surface area contributed by atoms with Crippen LogP contribution < -0.4 is 4.90 Å². The van der Waals surface area contributed by atoms with Gasteiger partial charge in [-0.1, -0.05) is 23.5 Å². The zero-order chi connectivity index (χ0) is 16.9. The molecule has 0 spiro atoms. The maximum Gasteiger partial charge on any atom is 0.204 e. The van der Waals surface area contributed by atoms with Gasteiger partial charge in [0, 0.05) is 24.9 Å². The lowest BCUT2D eigenvalue weighted by molar-refractivity contribution is 0.104. The summed E-state index contributed by atoms with van der Waals surface area (Å²) in [7, 11) is -3.33. The number of anilines is 1. The lowest BCUT2D eigenvalue weighted by atomic mass is 9.77. The molecular weight excluding hydrogens is 344 g/mol. The van der Waals surface area contributed by atoms with Crippen molar-refractivity contribution >= 4 is 32.1 Å². The van der Waals surface area contributed by atoms with E-state index in [9.17, 15) is 13.2 Å². The smallest absolute Gasteiger partial charge is 0.204 e. The second-order valence-electron chi connectivity index (χ2n) is 6.64. The maximum atomic E-state index is 12.7. The Kier molecular flexibility index (Phi) is 3.73. The van der Waals surface area contributed by atoms with Gasteiger partial charge in [-0.3, -0.25) is 4.79 Å². The monoisotopic (exact) mass is 362 g/mol. The first-order valence-electron chi connectivity index (χ1n) is 7.97. The van der Waals surface area contributed by atoms with E-state index in [0.717, 1.165) is 36.3 Å². The molecule has 1 saturated heterocycles. The topological polar surface area (TPSA) is 67.3 Å². The van der Waals surface area contributed by atoms with Gasteiger partial charge in [-0.25, -0.2) is 13.4 Å². The lowest BCUT2D eigenvalue weighted by Crippen LogP contribution is -2.22. The second-order valence-corrected chi connectivity index (χ2v) is 9.66. The SMILES string of the molecule is CS(=O)(=O)c1cccc(C(=O)c2cnc(N3CC4CCC4C3)s2)c1. The fourth-order valence-electron chi connectivity index (χ4n) is 3.44. The number of carbonyl (C=O) groups excluding carboxylic acids is 1. The Bertz CT molecular complexity index is 892. The predicted molar refractivity (Wildman–Crippen MR) is 93.5 cm³/mol. The molecule has 1 aromatic carbocycles. The van der Waals surface area contributed by atoms with Gasteiger partial charge in [-0.2, -0.15) is 0 Å². The largest absolute Gasteiger partial charge is 0.348 e. The van der Waals surface area contributed by atoms with Crippen molar-refractivity contribution in [2.45, 2.75) is 17.7 Å². The molecule has 2 heterocycles. The third kappa shape index (κ3) is 2.75. The average Bonchev–Trinajstić information content (AvgIpc) is 3.12. The van der Waals surface area contributed by atoms with Gasteiger partial charge in [0.05, 0.1) is 16.0 Å². The maximum absolute atomic E-state index is 12.7. The first-order chi connectivity index (χ1) is 11.4. The van der Waals surface area contributed by atoms with E-state index in [4.69, 9.17) is 0 Å². The number of rotatable bonds is 4. The van der Waals surface area contributed by atoms with E-state index in [-0.39, 0.29) is 10.7 Å². The summed E-state index contributed by atoms with van der Waals surface area (Å²) in [6.45, 7) is 2.07. The van der Waals surface area contributed by atoms with Crippen molar-refractivity contribution in [2.75, 3.05) is 24.2 Å². The Morgan fingerprint density at radius 1 is 1.25 bits per heavy atom. The van der Waals surface area contributed by atoms with Crippen LogP contribution in [0.25, 0.3) is 0 Å². The molecule has 2 atom stereocenters. The molecule has 0 bridgehead atoms. The Hall–Kier alpha value is -1.73. The van der Waals surface area contributed by atoms with Gasteiger partial charge in [0.1, 0.15) is 0 Å². The number of ketones is 1. The van der Waals surface area contributed by atoms with Crippen molar-refractivity contribution < 1.29 is 13.2 Å². The molecule has 2 aromatic rings. The molecule has 0 amide bonds. The van der Waals surface area contributed by atoms with E-state index in [1.807, 2.05) is 0 Å². The summed E-state index contributed by atoms with van der Waals surface area (Å²) in [5.74, 6) is 1.41. The molecule has 2 unspecified atom stereocenters. The first-order valence-corrected chi connectivity index (χ1v) is 10.7. The van der Waals surface area contributed by atoms with Crippen molar-refractivity contribution in [1.82, 2.24) is 4.98 Å². The van der Waals surface area contributed by atoms with Crippen molar-refractivity contribution in [1.29, 1.82) is 0 Å². The van der Waals surface area contributed by atoms with E-state index in [2.05, 4.69) is 9.88 Å². The van der Waals surface area contributed by atoms with Gasteiger partial charge < -0.3 is 4.90 Å². The molecular formula is C17H18N2O3S2. The highest BCUT2D eigenvalue weighted by atomic mass is 32.2. The van der Waals surface area contributed by atoms with Crippen LogP contribution in [-0.2, 0) is 9.84 Å². The summed E-state index contributed by atoms with van der Waals surface area (Å²) in [4.78, 5) is 20.1.